The van der Waals surface area contributed by atoms with E-state index in [1.165, 1.54) is 0 Å². The molecule has 1 aliphatic rings. The predicted molar refractivity (Wildman–Crippen MR) is 69.3 cm³/mol. The number of hydrogen-bond donors (Lipinski definition) is 1. The fraction of sp³-hybridized carbons (Fsp3) is 0.800. The van der Waals surface area contributed by atoms with Gasteiger partial charge in [-0.2, -0.15) is 5.10 Å². The number of halogens is 1. The summed E-state index contributed by atoms with van der Waals surface area (Å²) in [6.45, 7) is 8.34. The lowest BCUT2D eigenvalue weighted by atomic mass is 10.2. The second kappa shape index (κ2) is 6.54. The molecule has 6 nitrogen and oxygen atoms in total. The summed E-state index contributed by atoms with van der Waals surface area (Å²) in [5, 5.41) is 3.45. The minimum Gasteiger partial charge on any atom is -0.444 e. The number of hydrogen-bond acceptors (Lipinski definition) is 4. The molecule has 1 fully saturated rings. The van der Waals surface area contributed by atoms with Crippen molar-refractivity contribution >= 4 is 24.8 Å². The van der Waals surface area contributed by atoms with E-state index in [-0.39, 0.29) is 18.5 Å². The van der Waals surface area contributed by atoms with Gasteiger partial charge in [0.1, 0.15) is 11.9 Å². The molecule has 1 amide bonds. The number of piperazine rings is 1. The van der Waals surface area contributed by atoms with Gasteiger partial charge in [-0.25, -0.2) is 4.79 Å². The standard InChI is InChI=1S/C10H20N4O2.ClH/c1-10(2,3)16-9(15)14-6-4-13(5-7-14)8-12-11;/h8H,4-7,11H2,1-3H3;1H. The summed E-state index contributed by atoms with van der Waals surface area (Å²) in [5.41, 5.74) is -0.438. The normalized spacial score (nSPS) is 16.9. The number of carbonyl (C=O) groups is 1. The lowest BCUT2D eigenvalue weighted by Crippen LogP contribution is -2.49. The van der Waals surface area contributed by atoms with Crippen molar-refractivity contribution in [2.75, 3.05) is 26.2 Å². The lowest BCUT2D eigenvalue weighted by Gasteiger charge is -2.34. The van der Waals surface area contributed by atoms with E-state index in [0.717, 1.165) is 13.1 Å². The largest absolute Gasteiger partial charge is 0.444 e. The molecule has 0 aromatic rings. The first-order valence-electron chi connectivity index (χ1n) is 5.38. The summed E-state index contributed by atoms with van der Waals surface area (Å²) >= 11 is 0. The zero-order valence-corrected chi connectivity index (χ0v) is 11.4. The third-order valence-electron chi connectivity index (χ3n) is 2.20. The SMILES string of the molecule is CC(C)(C)OC(=O)N1CCN(C=NN)CC1.Cl. The van der Waals surface area contributed by atoms with Crippen LogP contribution in [0.4, 0.5) is 4.79 Å². The highest BCUT2D eigenvalue weighted by Crippen LogP contribution is 2.11. The molecule has 0 aliphatic carbocycles. The first kappa shape index (κ1) is 15.8. The maximum atomic E-state index is 11.7. The van der Waals surface area contributed by atoms with Gasteiger partial charge in [0.2, 0.25) is 0 Å². The van der Waals surface area contributed by atoms with Crippen molar-refractivity contribution in [3.05, 3.63) is 0 Å². The molecule has 0 radical (unpaired) electrons. The minimum absolute atomic E-state index is 0. The second-order valence-electron chi connectivity index (χ2n) is 4.77. The maximum absolute atomic E-state index is 11.7. The van der Waals surface area contributed by atoms with E-state index in [9.17, 15) is 4.79 Å². The molecule has 17 heavy (non-hydrogen) atoms. The number of ether oxygens (including phenoxy) is 1. The van der Waals surface area contributed by atoms with Crippen molar-refractivity contribution < 1.29 is 9.53 Å². The van der Waals surface area contributed by atoms with Crippen LogP contribution < -0.4 is 5.84 Å². The molecule has 1 rings (SSSR count). The highest BCUT2D eigenvalue weighted by atomic mass is 35.5. The summed E-state index contributed by atoms with van der Waals surface area (Å²) < 4.78 is 5.28. The molecule has 1 saturated heterocycles. The third kappa shape index (κ3) is 5.63. The number of carbonyl (C=O) groups excluding carboxylic acids is 1. The first-order chi connectivity index (χ1) is 7.42. The van der Waals surface area contributed by atoms with Crippen LogP contribution in [-0.4, -0.2) is 54.0 Å². The number of amides is 1. The van der Waals surface area contributed by atoms with Crippen LogP contribution in [0.1, 0.15) is 20.8 Å². The Bertz CT molecular complexity index is 270. The average molecular weight is 265 g/mol. The molecule has 1 heterocycles. The molecule has 2 N–H and O–H groups in total. The number of rotatable bonds is 1. The van der Waals surface area contributed by atoms with Crippen molar-refractivity contribution in [1.29, 1.82) is 0 Å². The number of hydrazone groups is 1. The topological polar surface area (TPSA) is 71.2 Å². The smallest absolute Gasteiger partial charge is 0.410 e. The van der Waals surface area contributed by atoms with Crippen LogP contribution in [0.3, 0.4) is 0 Å². The van der Waals surface area contributed by atoms with Crippen molar-refractivity contribution in [3.8, 4) is 0 Å². The van der Waals surface area contributed by atoms with Crippen LogP contribution in [0.25, 0.3) is 0 Å². The summed E-state index contributed by atoms with van der Waals surface area (Å²) in [4.78, 5) is 15.4. The molecule has 1 aliphatic heterocycles. The number of nitrogens with two attached hydrogens (primary N) is 1. The van der Waals surface area contributed by atoms with E-state index >= 15 is 0 Å². The van der Waals surface area contributed by atoms with Crippen molar-refractivity contribution in [2.24, 2.45) is 10.9 Å². The molecule has 0 spiro atoms. The predicted octanol–water partition coefficient (Wildman–Crippen LogP) is 0.863. The van der Waals surface area contributed by atoms with Gasteiger partial charge in [-0.1, -0.05) is 0 Å². The molecule has 0 atom stereocenters. The quantitative estimate of drug-likeness (QED) is 0.330. The van der Waals surface area contributed by atoms with Gasteiger partial charge in [0.05, 0.1) is 0 Å². The van der Waals surface area contributed by atoms with Crippen molar-refractivity contribution in [2.45, 2.75) is 26.4 Å². The highest BCUT2D eigenvalue weighted by Gasteiger charge is 2.24. The van der Waals surface area contributed by atoms with Gasteiger partial charge in [0.25, 0.3) is 0 Å². The molecule has 0 bridgehead atoms. The maximum Gasteiger partial charge on any atom is 0.410 e. The fourth-order valence-corrected chi connectivity index (χ4v) is 1.44. The van der Waals surface area contributed by atoms with Crippen molar-refractivity contribution in [1.82, 2.24) is 9.80 Å². The Balaban J connectivity index is 0.00000256. The molecular weight excluding hydrogens is 244 g/mol. The van der Waals surface area contributed by atoms with Gasteiger partial charge in [-0.05, 0) is 20.8 Å². The Morgan fingerprint density at radius 3 is 2.24 bits per heavy atom. The van der Waals surface area contributed by atoms with Gasteiger partial charge in [0, 0.05) is 26.2 Å². The van der Waals surface area contributed by atoms with Crippen LogP contribution in [0, 0.1) is 0 Å². The summed E-state index contributed by atoms with van der Waals surface area (Å²) in [6.07, 6.45) is 1.34. The van der Waals surface area contributed by atoms with Crippen molar-refractivity contribution in [3.63, 3.8) is 0 Å². The summed E-state index contributed by atoms with van der Waals surface area (Å²) in [6, 6.07) is 0. The van der Waals surface area contributed by atoms with E-state index in [2.05, 4.69) is 5.10 Å². The van der Waals surface area contributed by atoms with Crippen LogP contribution in [0.15, 0.2) is 5.10 Å². The minimum atomic E-state index is -0.438. The van der Waals surface area contributed by atoms with Gasteiger partial charge in [0.15, 0.2) is 0 Å². The van der Waals surface area contributed by atoms with E-state index in [0.29, 0.717) is 13.1 Å². The zero-order chi connectivity index (χ0) is 12.2. The molecular formula is C10H21ClN4O2. The van der Waals surface area contributed by atoms with E-state index in [1.54, 1.807) is 11.2 Å². The zero-order valence-electron chi connectivity index (χ0n) is 10.5. The molecule has 0 aromatic heterocycles. The van der Waals surface area contributed by atoms with E-state index in [4.69, 9.17) is 10.6 Å². The third-order valence-corrected chi connectivity index (χ3v) is 2.20. The molecule has 7 heteroatoms. The van der Waals surface area contributed by atoms with Gasteiger partial charge in [-0.3, -0.25) is 0 Å². The average Bonchev–Trinajstić information content (AvgIpc) is 2.16. The highest BCUT2D eigenvalue weighted by molar-refractivity contribution is 5.85. The summed E-state index contributed by atoms with van der Waals surface area (Å²) in [7, 11) is 0. The van der Waals surface area contributed by atoms with Crippen LogP contribution >= 0.6 is 12.4 Å². The van der Waals surface area contributed by atoms with Crippen LogP contribution in [-0.2, 0) is 4.74 Å². The molecule has 0 unspecified atom stereocenters. The molecule has 0 saturated carbocycles. The first-order valence-corrected chi connectivity index (χ1v) is 5.38. The molecule has 0 aromatic carbocycles. The van der Waals surface area contributed by atoms with Gasteiger partial charge in [-0.15, -0.1) is 12.4 Å². The second-order valence-corrected chi connectivity index (χ2v) is 4.77. The van der Waals surface area contributed by atoms with Crippen LogP contribution in [0.2, 0.25) is 0 Å². The van der Waals surface area contributed by atoms with Crippen LogP contribution in [0.5, 0.6) is 0 Å². The Morgan fingerprint density at radius 1 is 1.29 bits per heavy atom. The monoisotopic (exact) mass is 264 g/mol. The Morgan fingerprint density at radius 2 is 1.82 bits per heavy atom. The Labute approximate surface area is 108 Å². The van der Waals surface area contributed by atoms with Gasteiger partial charge < -0.3 is 20.4 Å². The Kier molecular flexibility index (Phi) is 6.09. The van der Waals surface area contributed by atoms with E-state index in [1.807, 2.05) is 25.7 Å². The number of nitrogens with zero attached hydrogens (tertiary/aromatic N) is 3. The summed E-state index contributed by atoms with van der Waals surface area (Å²) in [5.74, 6) is 5.06. The fourth-order valence-electron chi connectivity index (χ4n) is 1.44. The van der Waals surface area contributed by atoms with Gasteiger partial charge >= 0.3 is 6.09 Å². The Hall–Kier alpha value is -1.17. The lowest BCUT2D eigenvalue weighted by molar-refractivity contribution is 0.0189. The molecule has 100 valence electrons. The van der Waals surface area contributed by atoms with E-state index < -0.39 is 5.60 Å².